The first-order chi connectivity index (χ1) is 13.8. The van der Waals surface area contributed by atoms with E-state index in [9.17, 15) is 18.0 Å². The molecule has 0 aliphatic carbocycles. The smallest absolute Gasteiger partial charge is 0.338 e. The Morgan fingerprint density at radius 1 is 1.14 bits per heavy atom. The number of carbonyl (C=O) groups is 2. The fourth-order valence-electron chi connectivity index (χ4n) is 2.36. The molecule has 1 amide bonds. The molecule has 0 aromatic heterocycles. The Labute approximate surface area is 169 Å². The van der Waals surface area contributed by atoms with Crippen molar-refractivity contribution >= 4 is 27.4 Å². The first kappa shape index (κ1) is 22.0. The van der Waals surface area contributed by atoms with Gasteiger partial charge < -0.3 is 19.5 Å². The first-order valence-corrected chi connectivity index (χ1v) is 10.3. The molecule has 0 saturated heterocycles. The van der Waals surface area contributed by atoms with Gasteiger partial charge in [-0.2, -0.15) is 0 Å². The van der Waals surface area contributed by atoms with E-state index < -0.39 is 28.3 Å². The van der Waals surface area contributed by atoms with Crippen LogP contribution in [0.1, 0.15) is 10.4 Å². The van der Waals surface area contributed by atoms with Gasteiger partial charge in [0.25, 0.3) is 5.91 Å². The monoisotopic (exact) mass is 419 g/mol. The highest BCUT2D eigenvalue weighted by Crippen LogP contribution is 2.28. The number of amides is 1. The summed E-state index contributed by atoms with van der Waals surface area (Å²) in [4.78, 5) is 24.3. The fraction of sp³-hybridized carbons (Fsp3) is 0.200. The molecule has 9 heteroatoms. The molecular formula is C20H21NO7S. The highest BCUT2D eigenvalue weighted by Gasteiger charge is 2.17. The summed E-state index contributed by atoms with van der Waals surface area (Å²) in [5, 5.41) is 2.43. The number of anilines is 1. The van der Waals surface area contributed by atoms with Crippen LogP contribution < -0.4 is 14.8 Å². The number of ether oxygens (including phenoxy) is 3. The first-order valence-electron chi connectivity index (χ1n) is 8.44. The van der Waals surface area contributed by atoms with Gasteiger partial charge in [-0.1, -0.05) is 24.8 Å². The summed E-state index contributed by atoms with van der Waals surface area (Å²) in [5.74, 6) is -0.663. The maximum atomic E-state index is 12.2. The minimum atomic E-state index is -3.53. The van der Waals surface area contributed by atoms with Crippen LogP contribution in [0.25, 0.3) is 0 Å². The Morgan fingerprint density at radius 2 is 1.86 bits per heavy atom. The Kier molecular flexibility index (Phi) is 7.38. The number of hydrogen-bond donors (Lipinski definition) is 1. The summed E-state index contributed by atoms with van der Waals surface area (Å²) in [6.07, 6.45) is 2.61. The van der Waals surface area contributed by atoms with Crippen LogP contribution in [0.15, 0.2) is 60.0 Å². The van der Waals surface area contributed by atoms with Crippen molar-refractivity contribution in [1.82, 2.24) is 0 Å². The van der Waals surface area contributed by atoms with E-state index in [0.717, 1.165) is 6.26 Å². The molecule has 0 radical (unpaired) electrons. The lowest BCUT2D eigenvalue weighted by molar-refractivity contribution is -0.119. The second kappa shape index (κ2) is 9.74. The van der Waals surface area contributed by atoms with Crippen LogP contribution >= 0.6 is 0 Å². The standard InChI is InChI=1S/C20H21NO7S/c1-4-11-27-16-10-9-14(12-17(16)26-2)20(23)28-13-19(22)21-15-7-5-6-8-18(15)29(3,24)25/h4-10,12H,1,11,13H2,2-3H3,(H,21,22). The van der Waals surface area contributed by atoms with Gasteiger partial charge in [-0.05, 0) is 30.3 Å². The van der Waals surface area contributed by atoms with Crippen molar-refractivity contribution in [2.24, 2.45) is 0 Å². The van der Waals surface area contributed by atoms with Gasteiger partial charge in [-0.15, -0.1) is 0 Å². The molecule has 2 rings (SSSR count). The third-order valence-corrected chi connectivity index (χ3v) is 4.81. The van der Waals surface area contributed by atoms with Crippen molar-refractivity contribution in [3.8, 4) is 11.5 Å². The molecule has 0 aliphatic heterocycles. The van der Waals surface area contributed by atoms with Crippen LogP contribution in [0.4, 0.5) is 5.69 Å². The van der Waals surface area contributed by atoms with E-state index >= 15 is 0 Å². The van der Waals surface area contributed by atoms with Gasteiger partial charge in [0.1, 0.15) is 6.61 Å². The van der Waals surface area contributed by atoms with Crippen molar-refractivity contribution in [2.75, 3.05) is 31.9 Å². The van der Waals surface area contributed by atoms with E-state index in [4.69, 9.17) is 14.2 Å². The summed E-state index contributed by atoms with van der Waals surface area (Å²) >= 11 is 0. The van der Waals surface area contributed by atoms with Crippen LogP contribution in [-0.2, 0) is 19.4 Å². The Hall–Kier alpha value is -3.33. The summed E-state index contributed by atoms with van der Waals surface area (Å²) in [5.41, 5.74) is 0.276. The largest absolute Gasteiger partial charge is 0.493 e. The van der Waals surface area contributed by atoms with E-state index in [1.54, 1.807) is 24.3 Å². The van der Waals surface area contributed by atoms with Crippen LogP contribution in [0, 0.1) is 0 Å². The number of benzene rings is 2. The quantitative estimate of drug-likeness (QED) is 0.491. The zero-order valence-electron chi connectivity index (χ0n) is 16.0. The third kappa shape index (κ3) is 6.08. The number of hydrogen-bond acceptors (Lipinski definition) is 7. The van der Waals surface area contributed by atoms with Gasteiger partial charge in [0.15, 0.2) is 27.9 Å². The molecule has 154 valence electrons. The Morgan fingerprint density at radius 3 is 2.52 bits per heavy atom. The number of nitrogens with one attached hydrogen (secondary N) is 1. The van der Waals surface area contributed by atoms with Gasteiger partial charge in [-0.3, -0.25) is 4.79 Å². The van der Waals surface area contributed by atoms with Gasteiger partial charge in [-0.25, -0.2) is 13.2 Å². The number of carbonyl (C=O) groups excluding carboxylic acids is 2. The average molecular weight is 419 g/mol. The topological polar surface area (TPSA) is 108 Å². The normalized spacial score (nSPS) is 10.7. The molecule has 0 saturated carbocycles. The van der Waals surface area contributed by atoms with Crippen molar-refractivity contribution in [2.45, 2.75) is 4.90 Å². The summed E-state index contributed by atoms with van der Waals surface area (Å²) in [6, 6.07) is 10.4. The van der Waals surface area contributed by atoms with Crippen molar-refractivity contribution in [1.29, 1.82) is 0 Å². The number of rotatable bonds is 9. The van der Waals surface area contributed by atoms with E-state index in [1.807, 2.05) is 0 Å². The maximum absolute atomic E-state index is 12.2. The highest BCUT2D eigenvalue weighted by molar-refractivity contribution is 7.90. The molecule has 0 atom stereocenters. The van der Waals surface area contributed by atoms with E-state index in [1.165, 1.54) is 31.4 Å². The summed E-state index contributed by atoms with van der Waals surface area (Å²) in [6.45, 7) is 3.24. The number of sulfone groups is 1. The van der Waals surface area contributed by atoms with Crippen LogP contribution in [0.5, 0.6) is 11.5 Å². The van der Waals surface area contributed by atoms with Crippen LogP contribution in [0.3, 0.4) is 0 Å². The zero-order chi connectivity index (χ0) is 21.4. The van der Waals surface area contributed by atoms with Gasteiger partial charge >= 0.3 is 5.97 Å². The Bertz CT molecular complexity index is 1020. The minimum absolute atomic E-state index is 0.0282. The van der Waals surface area contributed by atoms with Gasteiger partial charge in [0.2, 0.25) is 0 Å². The third-order valence-electron chi connectivity index (χ3n) is 3.65. The second-order valence-electron chi connectivity index (χ2n) is 5.86. The Balaban J connectivity index is 2.02. The molecule has 0 spiro atoms. The molecule has 29 heavy (non-hydrogen) atoms. The molecule has 0 unspecified atom stereocenters. The number of para-hydroxylation sites is 1. The predicted octanol–water partition coefficient (Wildman–Crippen LogP) is 2.46. The van der Waals surface area contributed by atoms with Crippen molar-refractivity contribution in [3.05, 3.63) is 60.7 Å². The molecule has 0 bridgehead atoms. The number of esters is 1. The van der Waals surface area contributed by atoms with Crippen LogP contribution in [0.2, 0.25) is 0 Å². The van der Waals surface area contributed by atoms with E-state index in [0.29, 0.717) is 11.5 Å². The lowest BCUT2D eigenvalue weighted by atomic mass is 10.2. The van der Waals surface area contributed by atoms with Gasteiger partial charge in [0.05, 0.1) is 23.3 Å². The molecule has 8 nitrogen and oxygen atoms in total. The van der Waals surface area contributed by atoms with Crippen LogP contribution in [-0.4, -0.2) is 46.9 Å². The highest BCUT2D eigenvalue weighted by atomic mass is 32.2. The molecule has 0 heterocycles. The fourth-order valence-corrected chi connectivity index (χ4v) is 3.20. The lowest BCUT2D eigenvalue weighted by Crippen LogP contribution is -2.22. The zero-order valence-corrected chi connectivity index (χ0v) is 16.8. The van der Waals surface area contributed by atoms with Crippen molar-refractivity contribution < 1.29 is 32.2 Å². The summed E-state index contributed by atoms with van der Waals surface area (Å²) in [7, 11) is -2.10. The lowest BCUT2D eigenvalue weighted by Gasteiger charge is -2.12. The number of methoxy groups -OCH3 is 1. The maximum Gasteiger partial charge on any atom is 0.338 e. The SMILES string of the molecule is C=CCOc1ccc(C(=O)OCC(=O)Nc2ccccc2S(C)(=O)=O)cc1OC. The average Bonchev–Trinajstić information content (AvgIpc) is 2.70. The van der Waals surface area contributed by atoms with Gasteiger partial charge in [0, 0.05) is 6.26 Å². The second-order valence-corrected chi connectivity index (χ2v) is 7.84. The molecule has 1 N–H and O–H groups in total. The molecular weight excluding hydrogens is 398 g/mol. The molecule has 2 aromatic carbocycles. The van der Waals surface area contributed by atoms with E-state index in [-0.39, 0.29) is 22.8 Å². The molecule has 2 aromatic rings. The predicted molar refractivity (Wildman–Crippen MR) is 107 cm³/mol. The molecule has 0 aliphatic rings. The van der Waals surface area contributed by atoms with Crippen molar-refractivity contribution in [3.63, 3.8) is 0 Å². The minimum Gasteiger partial charge on any atom is -0.493 e. The molecule has 0 fully saturated rings. The summed E-state index contributed by atoms with van der Waals surface area (Å²) < 4.78 is 39.1. The van der Waals surface area contributed by atoms with E-state index in [2.05, 4.69) is 11.9 Å².